The van der Waals surface area contributed by atoms with Gasteiger partial charge in [-0.05, 0) is 31.5 Å². The van der Waals surface area contributed by atoms with Crippen molar-refractivity contribution >= 4 is 41.6 Å². The third kappa shape index (κ3) is 6.94. The van der Waals surface area contributed by atoms with E-state index in [-0.39, 0.29) is 24.0 Å². The normalized spacial score (nSPS) is 15.3. The molecule has 1 aromatic carbocycles. The van der Waals surface area contributed by atoms with Crippen LogP contribution in [-0.2, 0) is 0 Å². The zero-order chi connectivity index (χ0) is 18.2. The van der Waals surface area contributed by atoms with Crippen LogP contribution < -0.4 is 16.0 Å². The summed E-state index contributed by atoms with van der Waals surface area (Å²) in [6, 6.07) is 9.96. The summed E-state index contributed by atoms with van der Waals surface area (Å²) in [7, 11) is 0. The summed E-state index contributed by atoms with van der Waals surface area (Å²) in [6.45, 7) is 7.80. The Hall–Kier alpha value is -1.94. The first kappa shape index (κ1) is 21.4. The quantitative estimate of drug-likeness (QED) is 0.285. The van der Waals surface area contributed by atoms with E-state index in [0.717, 1.165) is 57.3 Å². The fourth-order valence-corrected chi connectivity index (χ4v) is 2.94. The van der Waals surface area contributed by atoms with E-state index in [4.69, 9.17) is 5.73 Å². The number of piperazine rings is 1. The molecule has 0 unspecified atom stereocenters. The molecule has 3 N–H and O–H groups in total. The van der Waals surface area contributed by atoms with E-state index in [1.165, 1.54) is 5.56 Å². The van der Waals surface area contributed by atoms with E-state index in [1.54, 1.807) is 12.4 Å². The molecule has 0 saturated carbocycles. The smallest absolute Gasteiger partial charge is 0.225 e. The third-order valence-electron chi connectivity index (χ3n) is 4.45. The van der Waals surface area contributed by atoms with Crippen molar-refractivity contribution in [3.8, 4) is 0 Å². The minimum absolute atomic E-state index is 0. The molecule has 0 amide bonds. The maximum atomic E-state index is 5.95. The third-order valence-corrected chi connectivity index (χ3v) is 4.45. The van der Waals surface area contributed by atoms with Crippen LogP contribution in [-0.4, -0.2) is 60.1 Å². The lowest BCUT2D eigenvalue weighted by Crippen LogP contribution is -2.47. The first-order valence-corrected chi connectivity index (χ1v) is 9.08. The van der Waals surface area contributed by atoms with Gasteiger partial charge in [0.1, 0.15) is 0 Å². The molecule has 8 heteroatoms. The highest BCUT2D eigenvalue weighted by Crippen LogP contribution is 2.10. The van der Waals surface area contributed by atoms with E-state index in [1.807, 2.05) is 18.2 Å². The number of aliphatic imine (C=N–C) groups is 1. The number of benzene rings is 1. The van der Waals surface area contributed by atoms with Crippen molar-refractivity contribution in [3.63, 3.8) is 0 Å². The van der Waals surface area contributed by atoms with Gasteiger partial charge in [0, 0.05) is 57.3 Å². The Morgan fingerprint density at radius 3 is 2.44 bits per heavy atom. The predicted molar refractivity (Wildman–Crippen MR) is 122 cm³/mol. The van der Waals surface area contributed by atoms with Crippen LogP contribution in [0.15, 0.2) is 47.7 Å². The molecule has 1 aliphatic heterocycles. The first-order chi connectivity index (χ1) is 12.7. The van der Waals surface area contributed by atoms with Gasteiger partial charge in [-0.25, -0.2) is 9.97 Å². The Balaban J connectivity index is 0.00000261. The number of halogens is 1. The van der Waals surface area contributed by atoms with Crippen LogP contribution in [0, 0.1) is 6.92 Å². The Bertz CT molecular complexity index is 698. The molecule has 1 aromatic heterocycles. The number of anilines is 2. The number of aromatic nitrogens is 2. The zero-order valence-corrected chi connectivity index (χ0v) is 18.0. The molecule has 1 saturated heterocycles. The monoisotopic (exact) mass is 481 g/mol. The maximum absolute atomic E-state index is 5.95. The summed E-state index contributed by atoms with van der Waals surface area (Å²) >= 11 is 0. The predicted octanol–water partition coefficient (Wildman–Crippen LogP) is 2.34. The zero-order valence-electron chi connectivity index (χ0n) is 15.7. The van der Waals surface area contributed by atoms with Gasteiger partial charge in [-0.2, -0.15) is 0 Å². The van der Waals surface area contributed by atoms with Crippen molar-refractivity contribution in [2.75, 3.05) is 49.5 Å². The standard InChI is InChI=1S/C19H27N7.HI/c1-16-4-6-17(7-5-16)24-18(20)21-10-3-11-25-12-14-26(15-13-25)19-22-8-2-9-23-19;/h2,4-9H,3,10-15H2,1H3,(H3,20,21,24);1H. The van der Waals surface area contributed by atoms with Gasteiger partial charge < -0.3 is 16.0 Å². The van der Waals surface area contributed by atoms with Gasteiger partial charge in [-0.3, -0.25) is 9.89 Å². The van der Waals surface area contributed by atoms with Gasteiger partial charge in [0.25, 0.3) is 0 Å². The molecular formula is C19H28IN7. The Morgan fingerprint density at radius 2 is 1.78 bits per heavy atom. The van der Waals surface area contributed by atoms with Crippen LogP contribution in [0.1, 0.15) is 12.0 Å². The second-order valence-corrected chi connectivity index (χ2v) is 6.49. The summed E-state index contributed by atoms with van der Waals surface area (Å²) in [5, 5.41) is 3.13. The first-order valence-electron chi connectivity index (χ1n) is 9.08. The van der Waals surface area contributed by atoms with Gasteiger partial charge in [0.15, 0.2) is 5.96 Å². The molecular weight excluding hydrogens is 453 g/mol. The molecule has 0 radical (unpaired) electrons. The lowest BCUT2D eigenvalue weighted by molar-refractivity contribution is 0.255. The second-order valence-electron chi connectivity index (χ2n) is 6.49. The number of hydrogen-bond acceptors (Lipinski definition) is 5. The van der Waals surface area contributed by atoms with Gasteiger partial charge in [0.2, 0.25) is 5.95 Å². The number of hydrogen-bond donors (Lipinski definition) is 2. The number of aryl methyl sites for hydroxylation is 1. The fraction of sp³-hybridized carbons (Fsp3) is 0.421. The minimum atomic E-state index is 0. The number of guanidine groups is 1. The Kier molecular flexibility index (Phi) is 8.73. The number of rotatable bonds is 6. The highest BCUT2D eigenvalue weighted by Gasteiger charge is 2.17. The summed E-state index contributed by atoms with van der Waals surface area (Å²) in [5.41, 5.74) is 8.15. The van der Waals surface area contributed by atoms with E-state index >= 15 is 0 Å². The fourth-order valence-electron chi connectivity index (χ4n) is 2.94. The van der Waals surface area contributed by atoms with E-state index in [0.29, 0.717) is 5.96 Å². The summed E-state index contributed by atoms with van der Waals surface area (Å²) < 4.78 is 0. The van der Waals surface area contributed by atoms with Gasteiger partial charge in [-0.15, -0.1) is 24.0 Å². The van der Waals surface area contributed by atoms with Crippen LogP contribution in [0.4, 0.5) is 11.6 Å². The second kappa shape index (κ2) is 11.0. The number of nitrogens with one attached hydrogen (secondary N) is 1. The maximum Gasteiger partial charge on any atom is 0.225 e. The molecule has 27 heavy (non-hydrogen) atoms. The van der Waals surface area contributed by atoms with Crippen molar-refractivity contribution < 1.29 is 0 Å². The molecule has 1 fully saturated rings. The minimum Gasteiger partial charge on any atom is -0.370 e. The van der Waals surface area contributed by atoms with Crippen LogP contribution >= 0.6 is 24.0 Å². The van der Waals surface area contributed by atoms with Gasteiger partial charge in [-0.1, -0.05) is 17.7 Å². The Labute approximate surface area is 178 Å². The number of nitrogens with zero attached hydrogens (tertiary/aromatic N) is 5. The van der Waals surface area contributed by atoms with Crippen molar-refractivity contribution in [2.24, 2.45) is 10.7 Å². The molecule has 146 valence electrons. The van der Waals surface area contributed by atoms with Crippen molar-refractivity contribution in [2.45, 2.75) is 13.3 Å². The average Bonchev–Trinajstić information content (AvgIpc) is 2.68. The molecule has 3 rings (SSSR count). The number of nitrogens with two attached hydrogens (primary N) is 1. The summed E-state index contributed by atoms with van der Waals surface area (Å²) in [4.78, 5) is 17.7. The van der Waals surface area contributed by atoms with Crippen molar-refractivity contribution in [1.29, 1.82) is 0 Å². The molecule has 1 aliphatic rings. The SMILES string of the molecule is Cc1ccc(NC(N)=NCCCN2CCN(c3ncccn3)CC2)cc1.I. The Morgan fingerprint density at radius 1 is 1.11 bits per heavy atom. The highest BCUT2D eigenvalue weighted by molar-refractivity contribution is 14.0. The van der Waals surface area contributed by atoms with Crippen LogP contribution in [0.5, 0.6) is 0 Å². The van der Waals surface area contributed by atoms with Crippen LogP contribution in [0.2, 0.25) is 0 Å². The largest absolute Gasteiger partial charge is 0.370 e. The molecule has 7 nitrogen and oxygen atoms in total. The van der Waals surface area contributed by atoms with Crippen molar-refractivity contribution in [1.82, 2.24) is 14.9 Å². The lowest BCUT2D eigenvalue weighted by Gasteiger charge is -2.34. The summed E-state index contributed by atoms with van der Waals surface area (Å²) in [6.07, 6.45) is 4.58. The lowest BCUT2D eigenvalue weighted by atomic mass is 10.2. The average molecular weight is 481 g/mol. The van der Waals surface area contributed by atoms with E-state index in [9.17, 15) is 0 Å². The molecule has 2 aromatic rings. The van der Waals surface area contributed by atoms with Crippen LogP contribution in [0.3, 0.4) is 0 Å². The topological polar surface area (TPSA) is 82.7 Å². The molecule has 0 spiro atoms. The van der Waals surface area contributed by atoms with E-state index < -0.39 is 0 Å². The van der Waals surface area contributed by atoms with Gasteiger partial charge >= 0.3 is 0 Å². The highest BCUT2D eigenvalue weighted by atomic mass is 127. The van der Waals surface area contributed by atoms with Crippen molar-refractivity contribution in [3.05, 3.63) is 48.3 Å². The van der Waals surface area contributed by atoms with Gasteiger partial charge in [0.05, 0.1) is 0 Å². The molecule has 0 atom stereocenters. The van der Waals surface area contributed by atoms with Crippen LogP contribution in [0.25, 0.3) is 0 Å². The molecule has 0 aliphatic carbocycles. The summed E-state index contributed by atoms with van der Waals surface area (Å²) in [5.74, 6) is 1.30. The van der Waals surface area contributed by atoms with E-state index in [2.05, 4.69) is 49.1 Å². The molecule has 0 bridgehead atoms. The molecule has 2 heterocycles.